The van der Waals surface area contributed by atoms with Gasteiger partial charge in [-0.25, -0.2) is 0 Å². The Hall–Kier alpha value is -0.630. The molecular formula is C17H32N4. The van der Waals surface area contributed by atoms with Crippen LogP contribution in [0.3, 0.4) is 0 Å². The Kier molecular flexibility index (Phi) is 6.47. The molecule has 0 aromatic heterocycles. The number of nitrogens with zero attached hydrogens (tertiary/aromatic N) is 3. The first-order valence-corrected chi connectivity index (χ1v) is 8.79. The second-order valence-corrected chi connectivity index (χ2v) is 6.92. The molecule has 2 fully saturated rings. The van der Waals surface area contributed by atoms with Crippen LogP contribution in [-0.2, 0) is 0 Å². The molecule has 4 heteroatoms. The highest BCUT2D eigenvalue weighted by atomic mass is 15.3. The Morgan fingerprint density at radius 3 is 2.81 bits per heavy atom. The molecule has 21 heavy (non-hydrogen) atoms. The third-order valence-electron chi connectivity index (χ3n) is 5.10. The van der Waals surface area contributed by atoms with E-state index in [1.54, 1.807) is 0 Å². The average Bonchev–Trinajstić information content (AvgIpc) is 2.82. The van der Waals surface area contributed by atoms with Crippen LogP contribution < -0.4 is 5.32 Å². The zero-order valence-corrected chi connectivity index (χ0v) is 13.9. The fourth-order valence-electron chi connectivity index (χ4n) is 3.87. The van der Waals surface area contributed by atoms with E-state index in [9.17, 15) is 5.26 Å². The van der Waals surface area contributed by atoms with Crippen molar-refractivity contribution in [3.05, 3.63) is 0 Å². The number of unbranched alkanes of at least 4 members (excludes halogenated alkanes) is 1. The lowest BCUT2D eigenvalue weighted by Crippen LogP contribution is -2.41. The summed E-state index contributed by atoms with van der Waals surface area (Å²) in [5, 5.41) is 12.6. The Morgan fingerprint density at radius 2 is 2.05 bits per heavy atom. The molecule has 2 saturated heterocycles. The van der Waals surface area contributed by atoms with Crippen LogP contribution >= 0.6 is 0 Å². The summed E-state index contributed by atoms with van der Waals surface area (Å²) >= 11 is 0. The van der Waals surface area contributed by atoms with Crippen LogP contribution in [-0.4, -0.2) is 60.6 Å². The van der Waals surface area contributed by atoms with E-state index >= 15 is 0 Å². The smallest absolute Gasteiger partial charge is 0.103 e. The van der Waals surface area contributed by atoms with E-state index in [0.717, 1.165) is 25.4 Å². The van der Waals surface area contributed by atoms with Crippen molar-refractivity contribution in [2.24, 2.45) is 0 Å². The van der Waals surface area contributed by atoms with E-state index in [0.29, 0.717) is 0 Å². The molecule has 2 unspecified atom stereocenters. The van der Waals surface area contributed by atoms with Crippen LogP contribution in [0, 0.1) is 11.3 Å². The average molecular weight is 292 g/mol. The predicted molar refractivity (Wildman–Crippen MR) is 87.2 cm³/mol. The minimum atomic E-state index is -0.338. The van der Waals surface area contributed by atoms with Crippen LogP contribution in [0.5, 0.6) is 0 Å². The zero-order valence-electron chi connectivity index (χ0n) is 13.9. The van der Waals surface area contributed by atoms with Crippen molar-refractivity contribution < 1.29 is 0 Å². The van der Waals surface area contributed by atoms with E-state index in [4.69, 9.17) is 0 Å². The van der Waals surface area contributed by atoms with Gasteiger partial charge in [0.25, 0.3) is 0 Å². The van der Waals surface area contributed by atoms with Crippen LogP contribution in [0.15, 0.2) is 0 Å². The molecular weight excluding hydrogens is 260 g/mol. The van der Waals surface area contributed by atoms with E-state index in [1.165, 1.54) is 58.4 Å². The first-order valence-electron chi connectivity index (χ1n) is 8.79. The van der Waals surface area contributed by atoms with Crippen molar-refractivity contribution in [3.8, 4) is 6.07 Å². The molecule has 0 saturated carbocycles. The highest BCUT2D eigenvalue weighted by Gasteiger charge is 2.28. The largest absolute Gasteiger partial charge is 0.302 e. The van der Waals surface area contributed by atoms with Crippen molar-refractivity contribution in [3.63, 3.8) is 0 Å². The van der Waals surface area contributed by atoms with Gasteiger partial charge in [0.1, 0.15) is 5.54 Å². The highest BCUT2D eigenvalue weighted by molar-refractivity contribution is 5.03. The van der Waals surface area contributed by atoms with Gasteiger partial charge in [-0.2, -0.15) is 5.26 Å². The molecule has 0 amide bonds. The molecule has 2 atom stereocenters. The molecule has 2 rings (SSSR count). The molecule has 2 aliphatic heterocycles. The van der Waals surface area contributed by atoms with Gasteiger partial charge in [0.15, 0.2) is 0 Å². The van der Waals surface area contributed by atoms with Crippen LogP contribution in [0.25, 0.3) is 0 Å². The molecule has 0 aromatic rings. The van der Waals surface area contributed by atoms with Crippen molar-refractivity contribution in [2.45, 2.75) is 64.0 Å². The fourth-order valence-corrected chi connectivity index (χ4v) is 3.87. The topological polar surface area (TPSA) is 42.3 Å². The SMILES string of the molecule is CCNC(C)(C#N)CCCCN1CCCN2CCCC2C1. The molecule has 0 bridgehead atoms. The summed E-state index contributed by atoms with van der Waals surface area (Å²) in [6.07, 6.45) is 7.42. The summed E-state index contributed by atoms with van der Waals surface area (Å²) in [6.45, 7) is 11.3. The summed E-state index contributed by atoms with van der Waals surface area (Å²) < 4.78 is 0. The van der Waals surface area contributed by atoms with Crippen LogP contribution in [0.2, 0.25) is 0 Å². The Bertz CT molecular complexity index is 351. The molecule has 120 valence electrons. The summed E-state index contributed by atoms with van der Waals surface area (Å²) in [6, 6.07) is 3.24. The number of nitrogens with one attached hydrogen (secondary N) is 1. The molecule has 0 radical (unpaired) electrons. The second kappa shape index (κ2) is 8.12. The van der Waals surface area contributed by atoms with E-state index in [-0.39, 0.29) is 5.54 Å². The number of hydrogen-bond donors (Lipinski definition) is 1. The molecule has 0 aromatic carbocycles. The van der Waals surface area contributed by atoms with E-state index in [2.05, 4.69) is 28.1 Å². The van der Waals surface area contributed by atoms with Gasteiger partial charge in [-0.3, -0.25) is 10.2 Å². The summed E-state index contributed by atoms with van der Waals surface area (Å²) in [5.74, 6) is 0. The third-order valence-corrected chi connectivity index (χ3v) is 5.10. The molecule has 4 nitrogen and oxygen atoms in total. The molecule has 1 N–H and O–H groups in total. The van der Waals surface area contributed by atoms with Gasteiger partial charge in [0, 0.05) is 12.6 Å². The van der Waals surface area contributed by atoms with Gasteiger partial charge in [-0.05, 0) is 78.2 Å². The molecule has 2 heterocycles. The van der Waals surface area contributed by atoms with Gasteiger partial charge < -0.3 is 4.90 Å². The maximum absolute atomic E-state index is 9.28. The van der Waals surface area contributed by atoms with Gasteiger partial charge in [-0.1, -0.05) is 6.92 Å². The first kappa shape index (κ1) is 16.7. The Labute approximate surface area is 130 Å². The summed E-state index contributed by atoms with van der Waals surface area (Å²) in [5.41, 5.74) is -0.338. The quantitative estimate of drug-likeness (QED) is 0.731. The van der Waals surface area contributed by atoms with Crippen molar-refractivity contribution >= 4 is 0 Å². The lowest BCUT2D eigenvalue weighted by atomic mass is 9.96. The zero-order chi connectivity index (χ0) is 15.1. The van der Waals surface area contributed by atoms with Gasteiger partial charge in [0.05, 0.1) is 6.07 Å². The maximum atomic E-state index is 9.28. The standard InChI is InChI=1S/C17H32N4/c1-3-19-17(2,15-18)9-4-5-10-20-11-7-13-21-12-6-8-16(21)14-20/h16,19H,3-14H2,1-2H3. The number of hydrogen-bond acceptors (Lipinski definition) is 4. The Morgan fingerprint density at radius 1 is 1.24 bits per heavy atom. The lowest BCUT2D eigenvalue weighted by Gasteiger charge is -2.26. The van der Waals surface area contributed by atoms with Crippen molar-refractivity contribution in [1.82, 2.24) is 15.1 Å². The fraction of sp³-hybridized carbons (Fsp3) is 0.941. The van der Waals surface area contributed by atoms with Gasteiger partial charge >= 0.3 is 0 Å². The second-order valence-electron chi connectivity index (χ2n) is 6.92. The van der Waals surface area contributed by atoms with E-state index < -0.39 is 0 Å². The normalized spacial score (nSPS) is 26.8. The predicted octanol–water partition coefficient (Wildman–Crippen LogP) is 2.22. The number of fused-ring (bicyclic) bond motifs is 1. The van der Waals surface area contributed by atoms with Crippen molar-refractivity contribution in [1.29, 1.82) is 5.26 Å². The lowest BCUT2D eigenvalue weighted by molar-refractivity contribution is 0.216. The Balaban J connectivity index is 1.67. The van der Waals surface area contributed by atoms with Gasteiger partial charge in [-0.15, -0.1) is 0 Å². The summed E-state index contributed by atoms with van der Waals surface area (Å²) in [4.78, 5) is 5.35. The van der Waals surface area contributed by atoms with Gasteiger partial charge in [0.2, 0.25) is 0 Å². The minimum absolute atomic E-state index is 0.338. The molecule has 2 aliphatic rings. The maximum Gasteiger partial charge on any atom is 0.103 e. The number of nitriles is 1. The highest BCUT2D eigenvalue weighted by Crippen LogP contribution is 2.21. The van der Waals surface area contributed by atoms with E-state index in [1.807, 2.05) is 6.92 Å². The molecule has 0 aliphatic carbocycles. The first-order chi connectivity index (χ1) is 10.2. The third kappa shape index (κ3) is 4.95. The van der Waals surface area contributed by atoms with Crippen molar-refractivity contribution in [2.75, 3.05) is 39.3 Å². The van der Waals surface area contributed by atoms with Crippen LogP contribution in [0.1, 0.15) is 52.4 Å². The van der Waals surface area contributed by atoms with Crippen LogP contribution in [0.4, 0.5) is 0 Å². The molecule has 0 spiro atoms. The minimum Gasteiger partial charge on any atom is -0.302 e. The number of rotatable bonds is 7. The summed E-state index contributed by atoms with van der Waals surface area (Å²) in [7, 11) is 0. The monoisotopic (exact) mass is 292 g/mol.